The SMILES string of the molecule is COc1ccccc1C=C1C(N)=Nc2ccccc21. The maximum atomic E-state index is 6.01. The molecule has 2 N–H and O–H groups in total. The van der Waals surface area contributed by atoms with Crippen LogP contribution in [-0.4, -0.2) is 12.9 Å². The van der Waals surface area contributed by atoms with Crippen molar-refractivity contribution < 1.29 is 4.74 Å². The molecule has 19 heavy (non-hydrogen) atoms. The molecular weight excluding hydrogens is 236 g/mol. The van der Waals surface area contributed by atoms with Crippen LogP contribution in [0.1, 0.15) is 11.1 Å². The van der Waals surface area contributed by atoms with Crippen LogP contribution in [0.3, 0.4) is 0 Å². The first-order valence-electron chi connectivity index (χ1n) is 6.08. The normalized spacial score (nSPS) is 15.2. The van der Waals surface area contributed by atoms with Gasteiger partial charge in [0.15, 0.2) is 0 Å². The van der Waals surface area contributed by atoms with Gasteiger partial charge in [0.05, 0.1) is 12.8 Å². The Morgan fingerprint density at radius 1 is 1.05 bits per heavy atom. The summed E-state index contributed by atoms with van der Waals surface area (Å²) in [5, 5.41) is 0. The lowest BCUT2D eigenvalue weighted by atomic mass is 10.0. The zero-order chi connectivity index (χ0) is 13.2. The summed E-state index contributed by atoms with van der Waals surface area (Å²) in [6.45, 7) is 0. The molecule has 1 aliphatic rings. The van der Waals surface area contributed by atoms with Crippen LogP contribution in [0.15, 0.2) is 53.5 Å². The number of fused-ring (bicyclic) bond motifs is 1. The Bertz CT molecular complexity index is 687. The predicted molar refractivity (Wildman–Crippen MR) is 78.6 cm³/mol. The minimum absolute atomic E-state index is 0.548. The van der Waals surface area contributed by atoms with Crippen LogP contribution in [0.5, 0.6) is 5.75 Å². The van der Waals surface area contributed by atoms with Crippen LogP contribution in [-0.2, 0) is 0 Å². The van der Waals surface area contributed by atoms with Crippen molar-refractivity contribution >= 4 is 23.2 Å². The molecular formula is C16H14N2O. The van der Waals surface area contributed by atoms with Crippen LogP contribution < -0.4 is 10.5 Å². The smallest absolute Gasteiger partial charge is 0.132 e. The van der Waals surface area contributed by atoms with E-state index in [0.717, 1.165) is 28.1 Å². The average Bonchev–Trinajstić information content (AvgIpc) is 2.76. The molecule has 3 heteroatoms. The lowest BCUT2D eigenvalue weighted by Crippen LogP contribution is -2.09. The molecule has 0 aliphatic carbocycles. The highest BCUT2D eigenvalue weighted by Crippen LogP contribution is 2.35. The molecule has 0 bridgehead atoms. The first-order valence-corrected chi connectivity index (χ1v) is 6.08. The number of para-hydroxylation sites is 2. The monoisotopic (exact) mass is 250 g/mol. The maximum absolute atomic E-state index is 6.01. The zero-order valence-corrected chi connectivity index (χ0v) is 10.6. The Morgan fingerprint density at radius 2 is 1.79 bits per heavy atom. The van der Waals surface area contributed by atoms with Crippen molar-refractivity contribution in [2.75, 3.05) is 7.11 Å². The fourth-order valence-electron chi connectivity index (χ4n) is 2.22. The molecule has 0 saturated heterocycles. The van der Waals surface area contributed by atoms with Gasteiger partial charge in [0, 0.05) is 16.7 Å². The number of rotatable bonds is 2. The van der Waals surface area contributed by atoms with Crippen molar-refractivity contribution in [3.8, 4) is 5.75 Å². The molecule has 2 aromatic rings. The van der Waals surface area contributed by atoms with Crippen LogP contribution in [0.4, 0.5) is 5.69 Å². The molecule has 0 fully saturated rings. The molecule has 0 aromatic heterocycles. The van der Waals surface area contributed by atoms with Gasteiger partial charge in [-0.25, -0.2) is 4.99 Å². The van der Waals surface area contributed by atoms with E-state index in [0.29, 0.717) is 5.84 Å². The number of hydrogen-bond donors (Lipinski definition) is 1. The van der Waals surface area contributed by atoms with Gasteiger partial charge in [-0.15, -0.1) is 0 Å². The molecule has 0 atom stereocenters. The minimum atomic E-state index is 0.548. The molecule has 3 nitrogen and oxygen atoms in total. The van der Waals surface area contributed by atoms with Crippen LogP contribution in [0, 0.1) is 0 Å². The van der Waals surface area contributed by atoms with Crippen molar-refractivity contribution in [3.05, 3.63) is 59.7 Å². The first kappa shape index (κ1) is 11.5. The largest absolute Gasteiger partial charge is 0.496 e. The third-order valence-electron chi connectivity index (χ3n) is 3.15. The molecule has 0 saturated carbocycles. The fraction of sp³-hybridized carbons (Fsp3) is 0.0625. The van der Waals surface area contributed by atoms with E-state index in [-0.39, 0.29) is 0 Å². The number of nitrogens with zero attached hydrogens (tertiary/aromatic N) is 1. The number of methoxy groups -OCH3 is 1. The van der Waals surface area contributed by atoms with E-state index in [4.69, 9.17) is 10.5 Å². The highest BCUT2D eigenvalue weighted by molar-refractivity contribution is 6.31. The van der Waals surface area contributed by atoms with Crippen molar-refractivity contribution in [1.82, 2.24) is 0 Å². The second-order valence-electron chi connectivity index (χ2n) is 4.31. The number of amidine groups is 1. The lowest BCUT2D eigenvalue weighted by Gasteiger charge is -2.06. The molecule has 0 spiro atoms. The summed E-state index contributed by atoms with van der Waals surface area (Å²) in [6, 6.07) is 15.8. The van der Waals surface area contributed by atoms with E-state index < -0.39 is 0 Å². The van der Waals surface area contributed by atoms with Gasteiger partial charge >= 0.3 is 0 Å². The number of nitrogens with two attached hydrogens (primary N) is 1. The first-order chi connectivity index (χ1) is 9.29. The molecule has 94 valence electrons. The minimum Gasteiger partial charge on any atom is -0.496 e. The highest BCUT2D eigenvalue weighted by atomic mass is 16.5. The van der Waals surface area contributed by atoms with E-state index in [1.807, 2.05) is 54.6 Å². The quantitative estimate of drug-likeness (QED) is 0.889. The summed E-state index contributed by atoms with van der Waals surface area (Å²) in [5.74, 6) is 1.37. The predicted octanol–water partition coefficient (Wildman–Crippen LogP) is 3.24. The average molecular weight is 250 g/mol. The zero-order valence-electron chi connectivity index (χ0n) is 10.6. The third kappa shape index (κ3) is 1.99. The summed E-state index contributed by atoms with van der Waals surface area (Å²) in [4.78, 5) is 4.37. The molecule has 0 unspecified atom stereocenters. The van der Waals surface area contributed by atoms with Gasteiger partial charge in [-0.1, -0.05) is 36.4 Å². The molecule has 1 heterocycles. The van der Waals surface area contributed by atoms with Gasteiger partial charge in [-0.05, 0) is 18.2 Å². The van der Waals surface area contributed by atoms with E-state index in [2.05, 4.69) is 4.99 Å². The van der Waals surface area contributed by atoms with Crippen molar-refractivity contribution in [2.45, 2.75) is 0 Å². The highest BCUT2D eigenvalue weighted by Gasteiger charge is 2.18. The summed E-state index contributed by atoms with van der Waals surface area (Å²) < 4.78 is 5.35. The molecule has 1 aliphatic heterocycles. The van der Waals surface area contributed by atoms with Crippen molar-refractivity contribution in [3.63, 3.8) is 0 Å². The lowest BCUT2D eigenvalue weighted by molar-refractivity contribution is 0.414. The fourth-order valence-corrected chi connectivity index (χ4v) is 2.22. The number of aliphatic imine (C=N–C) groups is 1. The van der Waals surface area contributed by atoms with E-state index in [1.54, 1.807) is 7.11 Å². The van der Waals surface area contributed by atoms with Crippen LogP contribution in [0.25, 0.3) is 11.6 Å². The topological polar surface area (TPSA) is 47.6 Å². The third-order valence-corrected chi connectivity index (χ3v) is 3.15. The van der Waals surface area contributed by atoms with Crippen molar-refractivity contribution in [2.24, 2.45) is 10.7 Å². The Hall–Kier alpha value is -2.55. The van der Waals surface area contributed by atoms with E-state index in [1.165, 1.54) is 0 Å². The van der Waals surface area contributed by atoms with Gasteiger partial charge in [0.2, 0.25) is 0 Å². The standard InChI is InChI=1S/C16H14N2O/c1-19-15-9-5-2-6-11(15)10-13-12-7-3-4-8-14(12)18-16(13)17/h2-10H,1H3,(H2,17,18). The van der Waals surface area contributed by atoms with Crippen LogP contribution in [0.2, 0.25) is 0 Å². The molecule has 2 aromatic carbocycles. The summed E-state index contributed by atoms with van der Waals surface area (Å²) >= 11 is 0. The number of hydrogen-bond acceptors (Lipinski definition) is 3. The van der Waals surface area contributed by atoms with Crippen molar-refractivity contribution in [1.29, 1.82) is 0 Å². The maximum Gasteiger partial charge on any atom is 0.132 e. The van der Waals surface area contributed by atoms with Gasteiger partial charge in [-0.3, -0.25) is 0 Å². The Morgan fingerprint density at radius 3 is 2.63 bits per heavy atom. The summed E-state index contributed by atoms with van der Waals surface area (Å²) in [5.41, 5.74) is 9.93. The Kier molecular flexibility index (Phi) is 2.80. The van der Waals surface area contributed by atoms with Gasteiger partial charge in [-0.2, -0.15) is 0 Å². The van der Waals surface area contributed by atoms with E-state index >= 15 is 0 Å². The molecule has 0 radical (unpaired) electrons. The summed E-state index contributed by atoms with van der Waals surface area (Å²) in [6.07, 6.45) is 2.02. The second-order valence-corrected chi connectivity index (χ2v) is 4.31. The summed E-state index contributed by atoms with van der Waals surface area (Å²) in [7, 11) is 1.66. The molecule has 0 amide bonds. The Balaban J connectivity index is 2.12. The van der Waals surface area contributed by atoms with E-state index in [9.17, 15) is 0 Å². The number of ether oxygens (including phenoxy) is 1. The Labute approximate surface area is 112 Å². The molecule has 3 rings (SSSR count). The number of benzene rings is 2. The van der Waals surface area contributed by atoms with Gasteiger partial charge in [0.25, 0.3) is 0 Å². The van der Waals surface area contributed by atoms with Gasteiger partial charge in [0.1, 0.15) is 11.6 Å². The van der Waals surface area contributed by atoms with Gasteiger partial charge < -0.3 is 10.5 Å². The second kappa shape index (κ2) is 4.61. The van der Waals surface area contributed by atoms with Crippen LogP contribution >= 0.6 is 0 Å².